The quantitative estimate of drug-likeness (QED) is 0.718. The molecule has 0 aromatic carbocycles. The summed E-state index contributed by atoms with van der Waals surface area (Å²) < 4.78 is 0. The van der Waals surface area contributed by atoms with Crippen molar-refractivity contribution in [2.24, 2.45) is 5.41 Å². The Morgan fingerprint density at radius 3 is 2.21 bits per heavy atom. The predicted molar refractivity (Wildman–Crippen MR) is 71.6 cm³/mol. The molecular formula is C13H22N2O4. The molecule has 0 spiro atoms. The van der Waals surface area contributed by atoms with Crippen molar-refractivity contribution in [3.63, 3.8) is 0 Å². The van der Waals surface area contributed by atoms with Gasteiger partial charge in [-0.05, 0) is 12.3 Å². The van der Waals surface area contributed by atoms with Gasteiger partial charge in [0.1, 0.15) is 0 Å². The molecule has 0 radical (unpaired) electrons. The summed E-state index contributed by atoms with van der Waals surface area (Å²) >= 11 is 0. The lowest BCUT2D eigenvalue weighted by Crippen LogP contribution is -2.42. The lowest BCUT2D eigenvalue weighted by molar-refractivity contribution is -0.139. The largest absolute Gasteiger partial charge is 0.481 e. The molecule has 6 nitrogen and oxygen atoms in total. The maximum absolute atomic E-state index is 11.7. The first kappa shape index (κ1) is 17.2. The third-order valence-corrected chi connectivity index (χ3v) is 2.37. The first-order valence-corrected chi connectivity index (χ1v) is 5.94. The third-order valence-electron chi connectivity index (χ3n) is 2.37. The van der Waals surface area contributed by atoms with Crippen LogP contribution in [0.1, 0.15) is 33.6 Å². The Labute approximate surface area is 113 Å². The summed E-state index contributed by atoms with van der Waals surface area (Å²) in [6, 6.07) is -0.515. The molecule has 2 N–H and O–H groups in total. The number of nitrogens with zero attached hydrogens (tertiary/aromatic N) is 1. The van der Waals surface area contributed by atoms with Crippen molar-refractivity contribution < 1.29 is 19.5 Å². The molecule has 0 aliphatic heterocycles. The van der Waals surface area contributed by atoms with Gasteiger partial charge in [0.25, 0.3) is 0 Å². The van der Waals surface area contributed by atoms with Gasteiger partial charge >= 0.3 is 12.0 Å². The summed E-state index contributed by atoms with van der Waals surface area (Å²) in [5.41, 5.74) is 0.111. The number of imide groups is 1. The van der Waals surface area contributed by atoms with E-state index >= 15 is 0 Å². The van der Waals surface area contributed by atoms with E-state index in [1.54, 1.807) is 27.8 Å². The van der Waals surface area contributed by atoms with Crippen LogP contribution in [0.4, 0.5) is 4.79 Å². The molecule has 0 aromatic rings. The van der Waals surface area contributed by atoms with Crippen LogP contribution in [0.5, 0.6) is 0 Å². The highest BCUT2D eigenvalue weighted by molar-refractivity contribution is 5.94. The van der Waals surface area contributed by atoms with E-state index in [1.807, 2.05) is 0 Å². The van der Waals surface area contributed by atoms with Crippen LogP contribution in [0, 0.1) is 5.41 Å². The number of urea groups is 1. The van der Waals surface area contributed by atoms with Gasteiger partial charge in [0, 0.05) is 20.0 Å². The molecule has 0 unspecified atom stereocenters. The predicted octanol–water partition coefficient (Wildman–Crippen LogP) is 1.62. The van der Waals surface area contributed by atoms with Crippen LogP contribution in [0.25, 0.3) is 0 Å². The van der Waals surface area contributed by atoms with Gasteiger partial charge < -0.3 is 10.0 Å². The van der Waals surface area contributed by atoms with Crippen LogP contribution >= 0.6 is 0 Å². The molecule has 3 amide bonds. The Morgan fingerprint density at radius 1 is 1.26 bits per heavy atom. The van der Waals surface area contributed by atoms with Crippen LogP contribution in [0.15, 0.2) is 12.2 Å². The van der Waals surface area contributed by atoms with Crippen molar-refractivity contribution in [2.75, 3.05) is 13.6 Å². The SMILES string of the molecule is C=C(C)CN(C)C(=O)NC(=O)CC(C)(C)CC(=O)O. The zero-order valence-corrected chi connectivity index (χ0v) is 11.9. The molecule has 0 fully saturated rings. The summed E-state index contributed by atoms with van der Waals surface area (Å²) in [5.74, 6) is -1.45. The minimum atomic E-state index is -0.969. The standard InChI is InChI=1S/C13H22N2O4/c1-9(2)8-15(5)12(19)14-10(16)6-13(3,4)7-11(17)18/h1,6-8H2,2-5H3,(H,17,18)(H,14,16,19). The second-order valence-electron chi connectivity index (χ2n) is 5.58. The minimum absolute atomic E-state index is 0.0219. The average Bonchev–Trinajstić information content (AvgIpc) is 2.12. The van der Waals surface area contributed by atoms with Crippen molar-refractivity contribution in [3.05, 3.63) is 12.2 Å². The van der Waals surface area contributed by atoms with Gasteiger partial charge in [-0.25, -0.2) is 4.79 Å². The summed E-state index contributed by atoms with van der Waals surface area (Å²) in [6.45, 7) is 9.15. The van der Waals surface area contributed by atoms with Crippen molar-refractivity contribution >= 4 is 17.9 Å². The summed E-state index contributed by atoms with van der Waals surface area (Å²) in [7, 11) is 1.56. The van der Waals surface area contributed by atoms with Crippen LogP contribution < -0.4 is 5.32 Å². The molecule has 108 valence electrons. The van der Waals surface area contributed by atoms with E-state index in [0.717, 1.165) is 5.57 Å². The van der Waals surface area contributed by atoms with E-state index in [1.165, 1.54) is 4.90 Å². The van der Waals surface area contributed by atoms with Gasteiger partial charge in [-0.1, -0.05) is 26.0 Å². The normalized spacial score (nSPS) is 10.7. The fraction of sp³-hybridized carbons (Fsp3) is 0.615. The average molecular weight is 270 g/mol. The fourth-order valence-electron chi connectivity index (χ4n) is 1.64. The molecule has 19 heavy (non-hydrogen) atoms. The summed E-state index contributed by atoms with van der Waals surface area (Å²) in [5, 5.41) is 10.9. The molecule has 0 aromatic heterocycles. The Morgan fingerprint density at radius 2 is 1.79 bits per heavy atom. The number of carbonyl (C=O) groups is 3. The molecule has 0 bridgehead atoms. The van der Waals surface area contributed by atoms with Crippen molar-refractivity contribution in [2.45, 2.75) is 33.6 Å². The van der Waals surface area contributed by atoms with Crippen LogP contribution in [0.3, 0.4) is 0 Å². The van der Waals surface area contributed by atoms with E-state index in [4.69, 9.17) is 5.11 Å². The number of nitrogens with one attached hydrogen (secondary N) is 1. The van der Waals surface area contributed by atoms with E-state index in [2.05, 4.69) is 11.9 Å². The third kappa shape index (κ3) is 7.96. The van der Waals surface area contributed by atoms with Crippen molar-refractivity contribution in [3.8, 4) is 0 Å². The molecule has 0 atom stereocenters. The Hall–Kier alpha value is -1.85. The van der Waals surface area contributed by atoms with E-state index in [0.29, 0.717) is 6.54 Å². The maximum atomic E-state index is 11.7. The smallest absolute Gasteiger partial charge is 0.324 e. The molecule has 0 saturated carbocycles. The van der Waals surface area contributed by atoms with E-state index in [-0.39, 0.29) is 12.8 Å². The molecule has 6 heteroatoms. The number of aliphatic carboxylic acids is 1. The number of likely N-dealkylation sites (N-methyl/N-ethyl adjacent to an activating group) is 1. The van der Waals surface area contributed by atoms with Crippen LogP contribution in [0.2, 0.25) is 0 Å². The molecule has 0 aliphatic carbocycles. The molecule has 0 aliphatic rings. The lowest BCUT2D eigenvalue weighted by Gasteiger charge is -2.22. The van der Waals surface area contributed by atoms with Gasteiger partial charge in [-0.3, -0.25) is 14.9 Å². The summed E-state index contributed by atoms with van der Waals surface area (Å²) in [6.07, 6.45) is -0.151. The van der Waals surface area contributed by atoms with Gasteiger partial charge in [0.2, 0.25) is 5.91 Å². The number of amides is 3. The topological polar surface area (TPSA) is 86.7 Å². The molecule has 0 heterocycles. The zero-order chi connectivity index (χ0) is 15.2. The second kappa shape index (κ2) is 6.92. The van der Waals surface area contributed by atoms with Gasteiger partial charge in [-0.2, -0.15) is 0 Å². The number of carboxylic acid groups (broad SMARTS) is 1. The lowest BCUT2D eigenvalue weighted by atomic mass is 9.85. The molecule has 0 saturated heterocycles. The number of carbonyl (C=O) groups excluding carboxylic acids is 2. The Balaban J connectivity index is 4.35. The fourth-order valence-corrected chi connectivity index (χ4v) is 1.64. The molecular weight excluding hydrogens is 248 g/mol. The Bertz CT molecular complexity index is 388. The maximum Gasteiger partial charge on any atom is 0.324 e. The van der Waals surface area contributed by atoms with Crippen LogP contribution in [-0.2, 0) is 9.59 Å². The highest BCUT2D eigenvalue weighted by atomic mass is 16.4. The monoisotopic (exact) mass is 270 g/mol. The number of carboxylic acids is 1. The second-order valence-corrected chi connectivity index (χ2v) is 5.58. The van der Waals surface area contributed by atoms with Gasteiger partial charge in [0.05, 0.1) is 6.42 Å². The van der Waals surface area contributed by atoms with Gasteiger partial charge in [-0.15, -0.1) is 0 Å². The number of hydrogen-bond donors (Lipinski definition) is 2. The molecule has 0 rings (SSSR count). The Kier molecular flexibility index (Phi) is 6.24. The first-order valence-electron chi connectivity index (χ1n) is 5.94. The minimum Gasteiger partial charge on any atom is -0.481 e. The first-order chi connectivity index (χ1) is 8.53. The van der Waals surface area contributed by atoms with Crippen molar-refractivity contribution in [1.29, 1.82) is 0 Å². The van der Waals surface area contributed by atoms with Crippen LogP contribution in [-0.4, -0.2) is 41.5 Å². The number of rotatable bonds is 6. The highest BCUT2D eigenvalue weighted by Crippen LogP contribution is 2.24. The number of hydrogen-bond acceptors (Lipinski definition) is 3. The van der Waals surface area contributed by atoms with E-state index < -0.39 is 23.3 Å². The van der Waals surface area contributed by atoms with Gasteiger partial charge in [0.15, 0.2) is 0 Å². The highest BCUT2D eigenvalue weighted by Gasteiger charge is 2.26. The van der Waals surface area contributed by atoms with E-state index in [9.17, 15) is 14.4 Å². The zero-order valence-electron chi connectivity index (χ0n) is 11.9. The van der Waals surface area contributed by atoms with Crippen molar-refractivity contribution in [1.82, 2.24) is 10.2 Å². The summed E-state index contributed by atoms with van der Waals surface area (Å²) in [4.78, 5) is 35.3.